The number of hydrogen-bond donors (Lipinski definition) is 4. The molecule has 0 aliphatic carbocycles. The molecule has 0 atom stereocenters. The summed E-state index contributed by atoms with van der Waals surface area (Å²) in [6.07, 6.45) is 1.29. The predicted molar refractivity (Wildman–Crippen MR) is 99.3 cm³/mol. The fraction of sp³-hybridized carbons (Fsp3) is 0.333. The van der Waals surface area contributed by atoms with Crippen LogP contribution in [0.15, 0.2) is 36.4 Å². The molecule has 1 aliphatic rings. The maximum Gasteiger partial charge on any atom is 0.491 e. The molecule has 0 saturated heterocycles. The van der Waals surface area contributed by atoms with E-state index in [1.807, 2.05) is 18.2 Å². The number of hydrogen-bond acceptors (Lipinski definition) is 6. The van der Waals surface area contributed by atoms with Gasteiger partial charge in [-0.15, -0.1) is 0 Å². The zero-order valence-corrected chi connectivity index (χ0v) is 14.5. The monoisotopic (exact) mass is 356 g/mol. The number of fused-ring (bicyclic) bond motifs is 4. The van der Waals surface area contributed by atoms with Crippen molar-refractivity contribution in [1.29, 1.82) is 0 Å². The minimum Gasteiger partial charge on any atom is -0.423 e. The highest BCUT2D eigenvalue weighted by molar-refractivity contribution is 6.64. The van der Waals surface area contributed by atoms with Crippen molar-refractivity contribution in [2.24, 2.45) is 0 Å². The molecule has 0 fully saturated rings. The van der Waals surface area contributed by atoms with Crippen LogP contribution in [-0.2, 0) is 35.4 Å². The topological polar surface area (TPSA) is 99.4 Å². The van der Waals surface area contributed by atoms with Gasteiger partial charge in [0.1, 0.15) is 0 Å². The van der Waals surface area contributed by atoms with Gasteiger partial charge in [-0.3, -0.25) is 0 Å². The lowest BCUT2D eigenvalue weighted by atomic mass is 9.68. The van der Waals surface area contributed by atoms with Crippen LogP contribution in [0.4, 0.5) is 0 Å². The van der Waals surface area contributed by atoms with Crippen molar-refractivity contribution < 1.29 is 29.6 Å². The highest BCUT2D eigenvalue weighted by atomic mass is 16.5. The summed E-state index contributed by atoms with van der Waals surface area (Å²) < 4.78 is 11.1. The van der Waals surface area contributed by atoms with E-state index >= 15 is 0 Å². The Bertz CT molecular complexity index is 700. The Kier molecular flexibility index (Phi) is 6.48. The van der Waals surface area contributed by atoms with E-state index in [0.717, 1.165) is 11.1 Å². The van der Waals surface area contributed by atoms with Crippen molar-refractivity contribution in [3.63, 3.8) is 0 Å². The third-order valence-electron chi connectivity index (χ3n) is 4.60. The zero-order valence-electron chi connectivity index (χ0n) is 14.5. The van der Waals surface area contributed by atoms with Crippen LogP contribution in [0.1, 0.15) is 22.3 Å². The van der Waals surface area contributed by atoms with Crippen LogP contribution in [0.3, 0.4) is 0 Å². The lowest BCUT2D eigenvalue weighted by molar-refractivity contribution is 0.263. The van der Waals surface area contributed by atoms with Crippen LogP contribution < -0.4 is 10.9 Å². The van der Waals surface area contributed by atoms with Gasteiger partial charge in [0.2, 0.25) is 0 Å². The average molecular weight is 356 g/mol. The standard InChI is InChI=1S/C18H22B2O6/c21-11-15-9-16(12-22)18-10-17(15)19(23)25-6-4-13-2-1-3-14(8-13)5-7-26-20(18)24/h1-3,8-10,21-24H,4-7,11-12H2. The summed E-state index contributed by atoms with van der Waals surface area (Å²) in [5, 5.41) is 40.0. The van der Waals surface area contributed by atoms with Crippen LogP contribution in [0.25, 0.3) is 0 Å². The summed E-state index contributed by atoms with van der Waals surface area (Å²) in [5.74, 6) is 0. The summed E-state index contributed by atoms with van der Waals surface area (Å²) in [6.45, 7) is -0.0126. The minimum absolute atomic E-state index is 0.311. The zero-order chi connectivity index (χ0) is 18.5. The SMILES string of the molecule is OCc1cc(CO)c2cc1B(O)OCCc1cccc(c1)CCOB2O. The molecule has 0 aromatic heterocycles. The van der Waals surface area contributed by atoms with E-state index in [1.165, 1.54) is 6.07 Å². The highest BCUT2D eigenvalue weighted by Gasteiger charge is 2.27. The fourth-order valence-corrected chi connectivity index (χ4v) is 3.16. The van der Waals surface area contributed by atoms with E-state index in [9.17, 15) is 20.3 Å². The molecular formula is C18H22B2O6. The third kappa shape index (κ3) is 4.35. The molecule has 8 heteroatoms. The molecule has 1 aliphatic heterocycles. The molecule has 6 nitrogen and oxygen atoms in total. The van der Waals surface area contributed by atoms with Crippen LogP contribution in [0, 0.1) is 0 Å². The van der Waals surface area contributed by atoms with Gasteiger partial charge in [0.15, 0.2) is 0 Å². The number of aliphatic hydroxyl groups excluding tert-OH is 2. The van der Waals surface area contributed by atoms with Crippen molar-refractivity contribution in [3.8, 4) is 0 Å². The van der Waals surface area contributed by atoms with Crippen molar-refractivity contribution in [1.82, 2.24) is 0 Å². The summed E-state index contributed by atoms with van der Waals surface area (Å²) in [6, 6.07) is 11.1. The van der Waals surface area contributed by atoms with Gasteiger partial charge >= 0.3 is 14.2 Å². The molecule has 0 saturated carbocycles. The average Bonchev–Trinajstić information content (AvgIpc) is 2.66. The van der Waals surface area contributed by atoms with Crippen LogP contribution in [-0.4, -0.2) is 47.7 Å². The first-order chi connectivity index (χ1) is 12.6. The van der Waals surface area contributed by atoms with Gasteiger partial charge in [0, 0.05) is 13.2 Å². The summed E-state index contributed by atoms with van der Waals surface area (Å²) in [5.41, 5.74) is 3.76. The Labute approximate surface area is 153 Å². The first kappa shape index (κ1) is 19.1. The van der Waals surface area contributed by atoms with Crippen molar-refractivity contribution in [2.45, 2.75) is 26.1 Å². The van der Waals surface area contributed by atoms with Crippen LogP contribution in [0.2, 0.25) is 0 Å². The van der Waals surface area contributed by atoms with Crippen molar-refractivity contribution in [3.05, 3.63) is 58.7 Å². The molecule has 26 heavy (non-hydrogen) atoms. The smallest absolute Gasteiger partial charge is 0.423 e. The third-order valence-corrected chi connectivity index (χ3v) is 4.60. The Balaban J connectivity index is 1.95. The van der Waals surface area contributed by atoms with E-state index in [0.29, 0.717) is 48.1 Å². The Hall–Kier alpha value is -1.67. The second-order valence-corrected chi connectivity index (χ2v) is 6.33. The number of rotatable bonds is 2. The van der Waals surface area contributed by atoms with Crippen LogP contribution >= 0.6 is 0 Å². The first-order valence-corrected chi connectivity index (χ1v) is 8.67. The van der Waals surface area contributed by atoms with Crippen LogP contribution in [0.5, 0.6) is 0 Å². The number of aliphatic hydroxyl groups is 2. The molecule has 2 aromatic carbocycles. The largest absolute Gasteiger partial charge is 0.491 e. The predicted octanol–water partition coefficient (Wildman–Crippen LogP) is -1.12. The summed E-state index contributed by atoms with van der Waals surface area (Å²) in [4.78, 5) is 0. The molecular weight excluding hydrogens is 334 g/mol. The van der Waals surface area contributed by atoms with Gasteiger partial charge in [-0.2, -0.15) is 0 Å². The first-order valence-electron chi connectivity index (χ1n) is 8.67. The van der Waals surface area contributed by atoms with Gasteiger partial charge in [-0.1, -0.05) is 36.4 Å². The molecule has 0 amide bonds. The second kappa shape index (κ2) is 8.81. The normalized spacial score (nSPS) is 15.7. The van der Waals surface area contributed by atoms with Crippen molar-refractivity contribution >= 4 is 25.2 Å². The van der Waals surface area contributed by atoms with E-state index in [1.54, 1.807) is 6.07 Å². The second-order valence-electron chi connectivity index (χ2n) is 6.33. The van der Waals surface area contributed by atoms with E-state index in [-0.39, 0.29) is 13.2 Å². The molecule has 136 valence electrons. The van der Waals surface area contributed by atoms with Crippen molar-refractivity contribution in [2.75, 3.05) is 13.2 Å². The van der Waals surface area contributed by atoms with E-state index in [4.69, 9.17) is 9.31 Å². The summed E-state index contributed by atoms with van der Waals surface area (Å²) in [7, 11) is -2.50. The minimum atomic E-state index is -1.25. The molecule has 0 unspecified atom stereocenters. The van der Waals surface area contributed by atoms with Gasteiger partial charge in [-0.05, 0) is 46.0 Å². The van der Waals surface area contributed by atoms with Gasteiger partial charge in [0.25, 0.3) is 0 Å². The molecule has 3 rings (SSSR count). The molecule has 4 N–H and O–H groups in total. The maximum atomic E-state index is 10.4. The quantitative estimate of drug-likeness (QED) is 0.509. The molecule has 2 aromatic rings. The van der Waals surface area contributed by atoms with E-state index in [2.05, 4.69) is 6.07 Å². The van der Waals surface area contributed by atoms with Gasteiger partial charge in [0.05, 0.1) is 13.2 Å². The fourth-order valence-electron chi connectivity index (χ4n) is 3.16. The Morgan fingerprint density at radius 3 is 1.73 bits per heavy atom. The van der Waals surface area contributed by atoms with E-state index < -0.39 is 14.2 Å². The number of benzene rings is 2. The Morgan fingerprint density at radius 1 is 0.769 bits per heavy atom. The summed E-state index contributed by atoms with van der Waals surface area (Å²) >= 11 is 0. The molecule has 0 radical (unpaired) electrons. The highest BCUT2D eigenvalue weighted by Crippen LogP contribution is 2.10. The van der Waals surface area contributed by atoms with Gasteiger partial charge in [-0.25, -0.2) is 0 Å². The molecule has 4 bridgehead atoms. The molecule has 1 heterocycles. The Morgan fingerprint density at radius 2 is 1.27 bits per heavy atom. The molecule has 0 spiro atoms. The lowest BCUT2D eigenvalue weighted by Crippen LogP contribution is -2.44. The van der Waals surface area contributed by atoms with Gasteiger partial charge < -0.3 is 29.6 Å². The maximum absolute atomic E-state index is 10.4. The lowest BCUT2D eigenvalue weighted by Gasteiger charge is -2.19.